The number of carbonyl (C=O) groups is 1. The van der Waals surface area contributed by atoms with Crippen molar-refractivity contribution < 1.29 is 4.79 Å². The minimum absolute atomic E-state index is 0.101. The van der Waals surface area contributed by atoms with Gasteiger partial charge >= 0.3 is 0 Å². The third kappa shape index (κ3) is 3.77. The van der Waals surface area contributed by atoms with Gasteiger partial charge in [0.1, 0.15) is 4.88 Å². The normalized spacial score (nSPS) is 17.5. The summed E-state index contributed by atoms with van der Waals surface area (Å²) in [5.41, 5.74) is 0.835. The van der Waals surface area contributed by atoms with E-state index in [0.29, 0.717) is 4.88 Å². The van der Waals surface area contributed by atoms with E-state index in [4.69, 9.17) is 0 Å². The maximum atomic E-state index is 12.6. The smallest absolute Gasteiger partial charge is 0.267 e. The molecule has 0 spiro atoms. The Labute approximate surface area is 132 Å². The number of amides is 1. The first-order valence-corrected chi connectivity index (χ1v) is 8.92. The van der Waals surface area contributed by atoms with Gasteiger partial charge in [0.15, 0.2) is 0 Å². The summed E-state index contributed by atoms with van der Waals surface area (Å²) >= 11 is 4.70. The molecule has 0 saturated carbocycles. The van der Waals surface area contributed by atoms with Crippen LogP contribution in [-0.4, -0.2) is 63.3 Å². The minimum atomic E-state index is 0.101. The third-order valence-electron chi connectivity index (χ3n) is 3.53. The summed E-state index contributed by atoms with van der Waals surface area (Å²) in [6, 6.07) is 0. The molecule has 20 heavy (non-hydrogen) atoms. The number of hydrogen-bond acceptors (Lipinski definition) is 5. The lowest BCUT2D eigenvalue weighted by Gasteiger charge is -2.21. The van der Waals surface area contributed by atoms with Crippen LogP contribution >= 0.6 is 27.5 Å². The Bertz CT molecular complexity index is 451. The Morgan fingerprint density at radius 3 is 2.85 bits per heavy atom. The molecular weight excluding hydrogens is 340 g/mol. The second-order valence-electron chi connectivity index (χ2n) is 5.32. The molecule has 0 N–H and O–H groups in total. The molecular formula is C13H21BrN4OS. The molecule has 0 atom stereocenters. The van der Waals surface area contributed by atoms with Gasteiger partial charge in [-0.1, -0.05) is 34.3 Å². The molecule has 1 amide bonds. The summed E-state index contributed by atoms with van der Waals surface area (Å²) in [5.74, 6) is 0.342. The van der Waals surface area contributed by atoms with E-state index < -0.39 is 0 Å². The molecule has 0 radical (unpaired) electrons. The van der Waals surface area contributed by atoms with Gasteiger partial charge in [-0.25, -0.2) is 0 Å². The molecule has 7 heteroatoms. The molecule has 112 valence electrons. The zero-order valence-corrected chi connectivity index (χ0v) is 14.4. The summed E-state index contributed by atoms with van der Waals surface area (Å²) in [6.45, 7) is 8.77. The molecule has 1 aliphatic heterocycles. The predicted octanol–water partition coefficient (Wildman–Crippen LogP) is 2.20. The Balaban J connectivity index is 2.04. The van der Waals surface area contributed by atoms with Gasteiger partial charge in [0.25, 0.3) is 5.91 Å². The van der Waals surface area contributed by atoms with E-state index >= 15 is 0 Å². The van der Waals surface area contributed by atoms with Gasteiger partial charge in [0.05, 0.1) is 5.69 Å². The summed E-state index contributed by atoms with van der Waals surface area (Å²) < 4.78 is 3.95. The van der Waals surface area contributed by atoms with Crippen molar-refractivity contribution in [2.24, 2.45) is 0 Å². The van der Waals surface area contributed by atoms with E-state index in [0.717, 1.165) is 50.2 Å². The summed E-state index contributed by atoms with van der Waals surface area (Å²) in [5, 5.41) is 5.09. The number of carbonyl (C=O) groups excluding carboxylic acids is 1. The number of hydrogen-bond donors (Lipinski definition) is 0. The summed E-state index contributed by atoms with van der Waals surface area (Å²) in [7, 11) is 0. The number of nitrogens with zero attached hydrogens (tertiary/aromatic N) is 4. The van der Waals surface area contributed by atoms with Crippen LogP contribution in [0.25, 0.3) is 0 Å². The highest BCUT2D eigenvalue weighted by Gasteiger charge is 2.25. The second-order valence-corrected chi connectivity index (χ2v) is 6.87. The molecule has 1 aromatic rings. The van der Waals surface area contributed by atoms with E-state index in [1.807, 2.05) is 18.7 Å². The highest BCUT2D eigenvalue weighted by molar-refractivity contribution is 9.09. The number of halogens is 1. The van der Waals surface area contributed by atoms with Crippen molar-refractivity contribution in [2.75, 3.05) is 38.1 Å². The van der Waals surface area contributed by atoms with E-state index in [1.54, 1.807) is 0 Å². The summed E-state index contributed by atoms with van der Waals surface area (Å²) in [6.07, 6.45) is 1.03. The Morgan fingerprint density at radius 1 is 1.35 bits per heavy atom. The Morgan fingerprint density at radius 2 is 2.15 bits per heavy atom. The fourth-order valence-electron chi connectivity index (χ4n) is 2.38. The average Bonchev–Trinajstić information content (AvgIpc) is 2.80. The van der Waals surface area contributed by atoms with Crippen molar-refractivity contribution in [1.82, 2.24) is 19.4 Å². The Hall–Kier alpha value is -0.530. The van der Waals surface area contributed by atoms with Crippen LogP contribution in [0.4, 0.5) is 0 Å². The molecule has 1 aliphatic rings. The zero-order valence-electron chi connectivity index (χ0n) is 12.0. The minimum Gasteiger partial charge on any atom is -0.337 e. The fraction of sp³-hybridized carbons (Fsp3) is 0.769. The molecule has 0 unspecified atom stereocenters. The van der Waals surface area contributed by atoms with Crippen molar-refractivity contribution in [1.29, 1.82) is 0 Å². The first kappa shape index (κ1) is 15.9. The first-order chi connectivity index (χ1) is 9.63. The van der Waals surface area contributed by atoms with Crippen LogP contribution in [0.3, 0.4) is 0 Å². The van der Waals surface area contributed by atoms with E-state index in [9.17, 15) is 4.79 Å². The first-order valence-electron chi connectivity index (χ1n) is 7.03. The van der Waals surface area contributed by atoms with Crippen molar-refractivity contribution in [3.63, 3.8) is 0 Å². The maximum Gasteiger partial charge on any atom is 0.267 e. The van der Waals surface area contributed by atoms with Crippen LogP contribution in [0.15, 0.2) is 0 Å². The quantitative estimate of drug-likeness (QED) is 0.772. The lowest BCUT2D eigenvalue weighted by atomic mass is 10.1. The molecule has 0 aromatic carbocycles. The molecule has 2 rings (SSSR count). The van der Waals surface area contributed by atoms with Gasteiger partial charge in [-0.2, -0.15) is 0 Å². The molecule has 0 aliphatic carbocycles. The van der Waals surface area contributed by atoms with E-state index in [1.165, 1.54) is 11.5 Å². The molecule has 5 nitrogen and oxygen atoms in total. The van der Waals surface area contributed by atoms with Crippen molar-refractivity contribution in [3.05, 3.63) is 10.6 Å². The van der Waals surface area contributed by atoms with E-state index in [2.05, 4.69) is 30.4 Å². The van der Waals surface area contributed by atoms with E-state index in [-0.39, 0.29) is 11.8 Å². The lowest BCUT2D eigenvalue weighted by Crippen LogP contribution is -2.35. The molecule has 1 saturated heterocycles. The predicted molar refractivity (Wildman–Crippen MR) is 84.8 cm³/mol. The van der Waals surface area contributed by atoms with Gasteiger partial charge in [0, 0.05) is 31.5 Å². The molecule has 0 bridgehead atoms. The monoisotopic (exact) mass is 360 g/mol. The summed E-state index contributed by atoms with van der Waals surface area (Å²) in [4.78, 5) is 17.7. The SMILES string of the molecule is CC(C)c1nnsc1C(=O)N1CCCN(CCBr)CC1. The molecule has 2 heterocycles. The van der Waals surface area contributed by atoms with Crippen LogP contribution in [0.5, 0.6) is 0 Å². The highest BCUT2D eigenvalue weighted by atomic mass is 79.9. The van der Waals surface area contributed by atoms with Gasteiger partial charge in [0.2, 0.25) is 0 Å². The fourth-order valence-corrected chi connectivity index (χ4v) is 3.67. The molecule has 1 aromatic heterocycles. The second kappa shape index (κ2) is 7.47. The van der Waals surface area contributed by atoms with Crippen LogP contribution in [0.1, 0.15) is 41.6 Å². The lowest BCUT2D eigenvalue weighted by molar-refractivity contribution is 0.0765. The number of alkyl halides is 1. The Kier molecular flexibility index (Phi) is 5.92. The highest BCUT2D eigenvalue weighted by Crippen LogP contribution is 2.22. The average molecular weight is 361 g/mol. The zero-order chi connectivity index (χ0) is 14.5. The largest absolute Gasteiger partial charge is 0.337 e. The van der Waals surface area contributed by atoms with Gasteiger partial charge in [-0.05, 0) is 30.4 Å². The number of rotatable bonds is 4. The van der Waals surface area contributed by atoms with Gasteiger partial charge in [-0.3, -0.25) is 4.79 Å². The van der Waals surface area contributed by atoms with Crippen molar-refractivity contribution in [2.45, 2.75) is 26.2 Å². The van der Waals surface area contributed by atoms with Crippen LogP contribution in [-0.2, 0) is 0 Å². The molecule has 1 fully saturated rings. The number of aromatic nitrogens is 2. The topological polar surface area (TPSA) is 49.3 Å². The third-order valence-corrected chi connectivity index (χ3v) is 4.62. The standard InChI is InChI=1S/C13H21BrN4OS/c1-10(2)11-12(20-16-15-11)13(19)18-6-3-5-17(7-4-14)8-9-18/h10H,3-9H2,1-2H3. The van der Waals surface area contributed by atoms with Crippen LogP contribution < -0.4 is 0 Å². The van der Waals surface area contributed by atoms with Crippen LogP contribution in [0.2, 0.25) is 0 Å². The van der Waals surface area contributed by atoms with Crippen LogP contribution in [0, 0.1) is 0 Å². The van der Waals surface area contributed by atoms with Gasteiger partial charge < -0.3 is 9.80 Å². The maximum absolute atomic E-state index is 12.6. The van der Waals surface area contributed by atoms with Crippen molar-refractivity contribution >= 4 is 33.4 Å². The van der Waals surface area contributed by atoms with Gasteiger partial charge in [-0.15, -0.1) is 5.10 Å². The van der Waals surface area contributed by atoms with Crippen molar-refractivity contribution in [3.8, 4) is 0 Å².